The molecular weight excluding hydrogens is 326 g/mol. The number of anilines is 1. The normalized spacial score (nSPS) is 13.4. The molecule has 0 aromatic heterocycles. The summed E-state index contributed by atoms with van der Waals surface area (Å²) in [6.07, 6.45) is 0. The fourth-order valence-corrected chi connectivity index (χ4v) is 3.76. The monoisotopic (exact) mass is 339 g/mol. The third-order valence-corrected chi connectivity index (χ3v) is 4.88. The lowest BCUT2D eigenvalue weighted by Gasteiger charge is -2.12. The minimum absolute atomic E-state index is 0.0246. The Hall–Kier alpha value is -0.260. The molecule has 0 amide bonds. The van der Waals surface area contributed by atoms with Gasteiger partial charge in [0.1, 0.15) is 0 Å². The van der Waals surface area contributed by atoms with Gasteiger partial charge in [-0.15, -0.1) is 11.6 Å². The third kappa shape index (κ3) is 4.85. The molecule has 0 aliphatic heterocycles. The van der Waals surface area contributed by atoms with Crippen LogP contribution in [-0.4, -0.2) is 20.1 Å². The van der Waals surface area contributed by atoms with Gasteiger partial charge in [0.05, 0.1) is 11.4 Å². The van der Waals surface area contributed by atoms with Crippen molar-refractivity contribution in [3.8, 4) is 0 Å². The van der Waals surface area contributed by atoms with E-state index in [0.717, 1.165) is 10.0 Å². The van der Waals surface area contributed by atoms with E-state index in [2.05, 4.69) is 20.7 Å². The standard InChI is InChI=1S/C11H15BrClNO2S/c1-8-3-4-11(10(12)5-8)14-17(15,16)7-9(2)6-13/h3-5,9,14H,6-7H2,1-2H3. The Morgan fingerprint density at radius 1 is 1.47 bits per heavy atom. The van der Waals surface area contributed by atoms with Gasteiger partial charge >= 0.3 is 0 Å². The smallest absolute Gasteiger partial charge is 0.233 e. The lowest BCUT2D eigenvalue weighted by molar-refractivity contribution is 0.588. The molecule has 1 atom stereocenters. The molecule has 0 spiro atoms. The highest BCUT2D eigenvalue weighted by Crippen LogP contribution is 2.24. The van der Waals surface area contributed by atoms with Crippen molar-refractivity contribution in [3.63, 3.8) is 0 Å². The molecule has 0 bridgehead atoms. The molecule has 6 heteroatoms. The van der Waals surface area contributed by atoms with Crippen LogP contribution in [0, 0.1) is 12.8 Å². The summed E-state index contributed by atoms with van der Waals surface area (Å²) in [6.45, 7) is 3.75. The molecule has 0 saturated carbocycles. The first-order valence-electron chi connectivity index (χ1n) is 5.16. The molecule has 0 heterocycles. The van der Waals surface area contributed by atoms with Crippen LogP contribution in [-0.2, 0) is 10.0 Å². The molecule has 17 heavy (non-hydrogen) atoms. The van der Waals surface area contributed by atoms with Crippen LogP contribution in [0.2, 0.25) is 0 Å². The van der Waals surface area contributed by atoms with Crippen LogP contribution in [0.3, 0.4) is 0 Å². The number of hydrogen-bond acceptors (Lipinski definition) is 2. The van der Waals surface area contributed by atoms with Gasteiger partial charge in [-0.1, -0.05) is 13.0 Å². The van der Waals surface area contributed by atoms with Crippen molar-refractivity contribution >= 4 is 43.2 Å². The van der Waals surface area contributed by atoms with Crippen molar-refractivity contribution in [3.05, 3.63) is 28.2 Å². The Balaban J connectivity index is 2.83. The number of nitrogens with one attached hydrogen (secondary N) is 1. The van der Waals surface area contributed by atoms with Gasteiger partial charge in [-0.25, -0.2) is 8.42 Å². The molecule has 1 aromatic carbocycles. The first kappa shape index (κ1) is 14.8. The number of hydrogen-bond donors (Lipinski definition) is 1. The predicted molar refractivity (Wildman–Crippen MR) is 76.2 cm³/mol. The molecule has 1 N–H and O–H groups in total. The van der Waals surface area contributed by atoms with Crippen LogP contribution in [0.5, 0.6) is 0 Å². The average Bonchev–Trinajstić information content (AvgIpc) is 2.21. The minimum atomic E-state index is -3.35. The van der Waals surface area contributed by atoms with E-state index in [0.29, 0.717) is 11.6 Å². The number of benzene rings is 1. The highest BCUT2D eigenvalue weighted by atomic mass is 79.9. The summed E-state index contributed by atoms with van der Waals surface area (Å²) in [4.78, 5) is 0. The summed E-state index contributed by atoms with van der Waals surface area (Å²) >= 11 is 8.94. The maximum Gasteiger partial charge on any atom is 0.233 e. The van der Waals surface area contributed by atoms with Crippen molar-refractivity contribution < 1.29 is 8.42 Å². The largest absolute Gasteiger partial charge is 0.282 e. The Kier molecular flexibility index (Phi) is 5.28. The Labute approximate surface area is 116 Å². The van der Waals surface area contributed by atoms with E-state index in [1.165, 1.54) is 0 Å². The molecule has 96 valence electrons. The number of alkyl halides is 1. The Morgan fingerprint density at radius 3 is 2.65 bits per heavy atom. The zero-order chi connectivity index (χ0) is 13.1. The van der Waals surface area contributed by atoms with E-state index in [1.54, 1.807) is 13.0 Å². The van der Waals surface area contributed by atoms with E-state index in [1.807, 2.05) is 19.1 Å². The first-order valence-corrected chi connectivity index (χ1v) is 8.14. The van der Waals surface area contributed by atoms with Crippen LogP contribution < -0.4 is 4.72 Å². The van der Waals surface area contributed by atoms with Gasteiger partial charge in [-0.2, -0.15) is 0 Å². The van der Waals surface area contributed by atoms with Gasteiger partial charge in [0.15, 0.2) is 0 Å². The third-order valence-electron chi connectivity index (χ3n) is 2.16. The zero-order valence-electron chi connectivity index (χ0n) is 9.70. The second-order valence-electron chi connectivity index (χ2n) is 4.13. The Morgan fingerprint density at radius 2 is 2.12 bits per heavy atom. The van der Waals surface area contributed by atoms with Crippen LogP contribution in [0.15, 0.2) is 22.7 Å². The lowest BCUT2D eigenvalue weighted by atomic mass is 10.2. The molecule has 0 fully saturated rings. The predicted octanol–water partition coefficient (Wildman–Crippen LogP) is 3.37. The van der Waals surface area contributed by atoms with Crippen molar-refractivity contribution in [2.24, 2.45) is 5.92 Å². The lowest BCUT2D eigenvalue weighted by Crippen LogP contribution is -2.22. The number of rotatable bonds is 5. The fraction of sp³-hybridized carbons (Fsp3) is 0.455. The molecule has 0 aliphatic rings. The number of aryl methyl sites for hydroxylation is 1. The number of sulfonamides is 1. The number of halogens is 2. The van der Waals surface area contributed by atoms with E-state index < -0.39 is 10.0 Å². The zero-order valence-corrected chi connectivity index (χ0v) is 12.9. The molecule has 3 nitrogen and oxygen atoms in total. The van der Waals surface area contributed by atoms with Crippen molar-refractivity contribution in [2.75, 3.05) is 16.4 Å². The molecular formula is C11H15BrClNO2S. The summed E-state index contributed by atoms with van der Waals surface area (Å²) < 4.78 is 26.9. The van der Waals surface area contributed by atoms with E-state index in [-0.39, 0.29) is 11.7 Å². The minimum Gasteiger partial charge on any atom is -0.282 e. The van der Waals surface area contributed by atoms with Crippen LogP contribution in [0.1, 0.15) is 12.5 Å². The van der Waals surface area contributed by atoms with Gasteiger partial charge in [0.25, 0.3) is 0 Å². The fourth-order valence-electron chi connectivity index (χ4n) is 1.33. The van der Waals surface area contributed by atoms with Gasteiger partial charge in [0, 0.05) is 10.4 Å². The molecule has 0 radical (unpaired) electrons. The molecule has 1 rings (SSSR count). The summed E-state index contributed by atoms with van der Waals surface area (Å²) in [5.74, 6) is 0.283. The first-order chi connectivity index (χ1) is 7.84. The second-order valence-corrected chi connectivity index (χ2v) is 7.06. The van der Waals surface area contributed by atoms with E-state index in [4.69, 9.17) is 11.6 Å². The SMILES string of the molecule is Cc1ccc(NS(=O)(=O)CC(C)CCl)c(Br)c1. The van der Waals surface area contributed by atoms with Gasteiger partial charge in [0.2, 0.25) is 10.0 Å². The highest BCUT2D eigenvalue weighted by Gasteiger charge is 2.16. The summed E-state index contributed by atoms with van der Waals surface area (Å²) in [5, 5.41) is 0. The van der Waals surface area contributed by atoms with Crippen LogP contribution >= 0.6 is 27.5 Å². The summed E-state index contributed by atoms with van der Waals surface area (Å²) in [5.41, 5.74) is 1.62. The topological polar surface area (TPSA) is 46.2 Å². The van der Waals surface area contributed by atoms with Crippen molar-refractivity contribution in [1.82, 2.24) is 0 Å². The van der Waals surface area contributed by atoms with E-state index >= 15 is 0 Å². The van der Waals surface area contributed by atoms with Crippen molar-refractivity contribution in [2.45, 2.75) is 13.8 Å². The summed E-state index contributed by atoms with van der Waals surface area (Å²) in [6, 6.07) is 5.46. The Bertz CT molecular complexity index is 490. The maximum absolute atomic E-state index is 11.8. The molecule has 1 aromatic rings. The molecule has 1 unspecified atom stereocenters. The quantitative estimate of drug-likeness (QED) is 0.835. The summed E-state index contributed by atoms with van der Waals surface area (Å²) in [7, 11) is -3.35. The average molecular weight is 341 g/mol. The second kappa shape index (κ2) is 6.07. The molecule has 0 aliphatic carbocycles. The van der Waals surface area contributed by atoms with Gasteiger partial charge in [-0.05, 0) is 46.5 Å². The van der Waals surface area contributed by atoms with Crippen molar-refractivity contribution in [1.29, 1.82) is 0 Å². The van der Waals surface area contributed by atoms with Gasteiger partial charge < -0.3 is 0 Å². The van der Waals surface area contributed by atoms with Gasteiger partial charge in [-0.3, -0.25) is 4.72 Å². The van der Waals surface area contributed by atoms with Crippen LogP contribution in [0.4, 0.5) is 5.69 Å². The molecule has 0 saturated heterocycles. The van der Waals surface area contributed by atoms with E-state index in [9.17, 15) is 8.42 Å². The maximum atomic E-state index is 11.8. The van der Waals surface area contributed by atoms with Crippen LogP contribution in [0.25, 0.3) is 0 Å². The highest BCUT2D eigenvalue weighted by molar-refractivity contribution is 9.10.